The molecule has 0 aliphatic carbocycles. The summed E-state index contributed by atoms with van der Waals surface area (Å²) < 4.78 is 0. The topological polar surface area (TPSA) is 61.4 Å². The predicted molar refractivity (Wildman–Crippen MR) is 87.5 cm³/mol. The molecule has 0 saturated carbocycles. The van der Waals surface area contributed by atoms with Gasteiger partial charge in [-0.1, -0.05) is 24.3 Å². The van der Waals surface area contributed by atoms with E-state index in [4.69, 9.17) is 0 Å². The predicted octanol–water partition coefficient (Wildman–Crippen LogP) is 0.911. The van der Waals surface area contributed by atoms with Gasteiger partial charge in [0.25, 0.3) is 0 Å². The Morgan fingerprint density at radius 2 is 2.23 bits per heavy atom. The molecule has 0 radical (unpaired) electrons. The molecule has 2 atom stereocenters. The number of benzene rings is 1. The molecule has 1 saturated heterocycles. The second-order valence-electron chi connectivity index (χ2n) is 5.71. The first-order valence-electron chi connectivity index (χ1n) is 7.60. The highest BCUT2D eigenvalue weighted by Crippen LogP contribution is 2.23. The van der Waals surface area contributed by atoms with Gasteiger partial charge in [-0.3, -0.25) is 9.59 Å². The van der Waals surface area contributed by atoms with Gasteiger partial charge in [-0.05, 0) is 24.1 Å². The fraction of sp³-hybridized carbons (Fsp3) is 0.500. The van der Waals surface area contributed by atoms with Crippen molar-refractivity contribution in [3.8, 4) is 0 Å². The first-order chi connectivity index (χ1) is 10.7. The highest BCUT2D eigenvalue weighted by Gasteiger charge is 2.33. The first kappa shape index (κ1) is 15.4. The third-order valence-electron chi connectivity index (χ3n) is 4.29. The average molecular weight is 319 g/mol. The number of rotatable bonds is 3. The van der Waals surface area contributed by atoms with Gasteiger partial charge in [-0.25, -0.2) is 0 Å². The van der Waals surface area contributed by atoms with E-state index >= 15 is 0 Å². The minimum absolute atomic E-state index is 0.0358. The van der Waals surface area contributed by atoms with E-state index in [9.17, 15) is 9.59 Å². The Morgan fingerprint density at radius 1 is 1.41 bits per heavy atom. The normalized spacial score (nSPS) is 24.0. The summed E-state index contributed by atoms with van der Waals surface area (Å²) in [6, 6.07) is 8.17. The Morgan fingerprint density at radius 3 is 3.05 bits per heavy atom. The molecule has 1 aromatic carbocycles. The van der Waals surface area contributed by atoms with Crippen molar-refractivity contribution in [3.63, 3.8) is 0 Å². The van der Waals surface area contributed by atoms with Crippen molar-refractivity contribution >= 4 is 23.6 Å². The summed E-state index contributed by atoms with van der Waals surface area (Å²) in [5.41, 5.74) is 2.61. The lowest BCUT2D eigenvalue weighted by atomic mass is 9.94. The SMILES string of the molecule is CC(=O)N1CSCC1C(=O)NCC1NCCc2ccccc21. The Labute approximate surface area is 134 Å². The lowest BCUT2D eigenvalue weighted by molar-refractivity contribution is -0.136. The summed E-state index contributed by atoms with van der Waals surface area (Å²) in [7, 11) is 0. The van der Waals surface area contributed by atoms with Crippen molar-refractivity contribution < 1.29 is 9.59 Å². The summed E-state index contributed by atoms with van der Waals surface area (Å²) >= 11 is 1.63. The zero-order valence-electron chi connectivity index (χ0n) is 12.7. The smallest absolute Gasteiger partial charge is 0.243 e. The lowest BCUT2D eigenvalue weighted by Gasteiger charge is -2.28. The molecule has 2 N–H and O–H groups in total. The van der Waals surface area contributed by atoms with E-state index in [0.717, 1.165) is 13.0 Å². The maximum Gasteiger partial charge on any atom is 0.243 e. The van der Waals surface area contributed by atoms with E-state index in [0.29, 0.717) is 18.2 Å². The molecule has 2 amide bonds. The third-order valence-corrected chi connectivity index (χ3v) is 5.30. The van der Waals surface area contributed by atoms with E-state index in [2.05, 4.69) is 28.8 Å². The van der Waals surface area contributed by atoms with E-state index in [1.54, 1.807) is 16.7 Å². The zero-order valence-corrected chi connectivity index (χ0v) is 13.5. The Kier molecular flexibility index (Phi) is 4.69. The van der Waals surface area contributed by atoms with Crippen LogP contribution in [0.15, 0.2) is 24.3 Å². The number of nitrogens with one attached hydrogen (secondary N) is 2. The number of hydrogen-bond donors (Lipinski definition) is 2. The van der Waals surface area contributed by atoms with E-state index < -0.39 is 0 Å². The Balaban J connectivity index is 1.61. The maximum absolute atomic E-state index is 12.4. The van der Waals surface area contributed by atoms with Gasteiger partial charge < -0.3 is 15.5 Å². The van der Waals surface area contributed by atoms with Gasteiger partial charge in [0.15, 0.2) is 0 Å². The molecule has 5 nitrogen and oxygen atoms in total. The molecule has 0 bridgehead atoms. The van der Waals surface area contributed by atoms with Crippen LogP contribution in [0.25, 0.3) is 0 Å². The fourth-order valence-electron chi connectivity index (χ4n) is 3.07. The van der Waals surface area contributed by atoms with E-state index in [-0.39, 0.29) is 23.9 Å². The maximum atomic E-state index is 12.4. The molecule has 2 unspecified atom stereocenters. The van der Waals surface area contributed by atoms with Crippen LogP contribution in [-0.2, 0) is 16.0 Å². The van der Waals surface area contributed by atoms with Gasteiger partial charge in [0.05, 0.1) is 5.88 Å². The fourth-order valence-corrected chi connectivity index (χ4v) is 4.28. The minimum Gasteiger partial charge on any atom is -0.352 e. The van der Waals surface area contributed by atoms with Crippen molar-refractivity contribution in [1.29, 1.82) is 0 Å². The summed E-state index contributed by atoms with van der Waals surface area (Å²) in [6.07, 6.45) is 1.03. The summed E-state index contributed by atoms with van der Waals surface area (Å²) in [5, 5.41) is 6.47. The Hall–Kier alpha value is -1.53. The molecule has 0 spiro atoms. The van der Waals surface area contributed by atoms with Gasteiger partial charge in [0, 0.05) is 25.3 Å². The number of hydrogen-bond acceptors (Lipinski definition) is 4. The number of nitrogens with zero attached hydrogens (tertiary/aromatic N) is 1. The summed E-state index contributed by atoms with van der Waals surface area (Å²) in [6.45, 7) is 3.00. The van der Waals surface area contributed by atoms with Crippen LogP contribution in [0.2, 0.25) is 0 Å². The van der Waals surface area contributed by atoms with Crippen LogP contribution < -0.4 is 10.6 Å². The minimum atomic E-state index is -0.332. The van der Waals surface area contributed by atoms with Gasteiger partial charge in [0.1, 0.15) is 6.04 Å². The van der Waals surface area contributed by atoms with Crippen LogP contribution in [0.3, 0.4) is 0 Å². The van der Waals surface area contributed by atoms with Gasteiger partial charge in [-0.2, -0.15) is 0 Å². The molecule has 2 heterocycles. The van der Waals surface area contributed by atoms with Crippen molar-refractivity contribution in [2.75, 3.05) is 24.7 Å². The highest BCUT2D eigenvalue weighted by molar-refractivity contribution is 7.99. The number of thioether (sulfide) groups is 1. The zero-order chi connectivity index (χ0) is 15.5. The molecule has 1 fully saturated rings. The number of carbonyl (C=O) groups excluding carboxylic acids is 2. The first-order valence-corrected chi connectivity index (χ1v) is 8.76. The van der Waals surface area contributed by atoms with Gasteiger partial charge >= 0.3 is 0 Å². The highest BCUT2D eigenvalue weighted by atomic mass is 32.2. The van der Waals surface area contributed by atoms with Crippen LogP contribution in [-0.4, -0.2) is 47.5 Å². The van der Waals surface area contributed by atoms with Gasteiger partial charge in [-0.15, -0.1) is 11.8 Å². The molecule has 3 rings (SSSR count). The molecule has 0 aromatic heterocycles. The largest absolute Gasteiger partial charge is 0.352 e. The lowest BCUT2D eigenvalue weighted by Crippen LogP contribution is -2.48. The number of carbonyl (C=O) groups is 2. The van der Waals surface area contributed by atoms with Crippen LogP contribution >= 0.6 is 11.8 Å². The molecule has 118 valence electrons. The van der Waals surface area contributed by atoms with Crippen molar-refractivity contribution in [2.45, 2.75) is 25.4 Å². The third kappa shape index (κ3) is 3.13. The molecular weight excluding hydrogens is 298 g/mol. The van der Waals surface area contributed by atoms with Crippen LogP contribution in [0.4, 0.5) is 0 Å². The quantitative estimate of drug-likeness (QED) is 0.869. The Bertz CT molecular complexity index is 578. The molecule has 2 aliphatic heterocycles. The second-order valence-corrected chi connectivity index (χ2v) is 6.70. The second kappa shape index (κ2) is 6.71. The van der Waals surface area contributed by atoms with Gasteiger partial charge in [0.2, 0.25) is 11.8 Å². The summed E-state index contributed by atoms with van der Waals surface area (Å²) in [5.74, 6) is 1.20. The van der Waals surface area contributed by atoms with Crippen LogP contribution in [0.5, 0.6) is 0 Å². The molecule has 6 heteroatoms. The summed E-state index contributed by atoms with van der Waals surface area (Å²) in [4.78, 5) is 25.6. The van der Waals surface area contributed by atoms with E-state index in [1.165, 1.54) is 18.1 Å². The van der Waals surface area contributed by atoms with E-state index in [1.807, 2.05) is 6.07 Å². The van der Waals surface area contributed by atoms with Crippen LogP contribution in [0.1, 0.15) is 24.1 Å². The molecular formula is C16H21N3O2S. The van der Waals surface area contributed by atoms with Crippen molar-refractivity contribution in [1.82, 2.24) is 15.5 Å². The molecule has 1 aromatic rings. The standard InChI is InChI=1S/C16H21N3O2S/c1-11(20)19-10-22-9-15(19)16(21)18-8-14-13-5-3-2-4-12(13)6-7-17-14/h2-5,14-15,17H,6-10H2,1H3,(H,18,21). The average Bonchev–Trinajstić information content (AvgIpc) is 3.02. The monoisotopic (exact) mass is 319 g/mol. The molecule has 22 heavy (non-hydrogen) atoms. The van der Waals surface area contributed by atoms with Crippen LogP contribution in [0, 0.1) is 0 Å². The number of fused-ring (bicyclic) bond motifs is 1. The number of amides is 2. The van der Waals surface area contributed by atoms with Crippen molar-refractivity contribution in [3.05, 3.63) is 35.4 Å². The van der Waals surface area contributed by atoms with Crippen molar-refractivity contribution in [2.24, 2.45) is 0 Å². The molecule has 2 aliphatic rings.